The summed E-state index contributed by atoms with van der Waals surface area (Å²) in [4.78, 5) is 11.9. The van der Waals surface area contributed by atoms with Crippen molar-refractivity contribution < 1.29 is 28.5 Å². The van der Waals surface area contributed by atoms with Gasteiger partial charge in [-0.2, -0.15) is 0 Å². The average molecular weight is 437 g/mol. The number of ether oxygens (including phenoxy) is 5. The van der Waals surface area contributed by atoms with Crippen molar-refractivity contribution in [2.45, 2.75) is 115 Å². The highest BCUT2D eigenvalue weighted by Gasteiger charge is 2.50. The predicted molar refractivity (Wildman–Crippen MR) is 116 cm³/mol. The van der Waals surface area contributed by atoms with Gasteiger partial charge in [-0.3, -0.25) is 4.79 Å². The first-order chi connectivity index (χ1) is 15.2. The number of hydrogen-bond acceptors (Lipinski definition) is 6. The molecule has 0 radical (unpaired) electrons. The summed E-state index contributed by atoms with van der Waals surface area (Å²) in [6, 6.07) is 0. The van der Waals surface area contributed by atoms with Crippen LogP contribution in [0.25, 0.3) is 0 Å². The van der Waals surface area contributed by atoms with Gasteiger partial charge in [0, 0.05) is 31.5 Å². The van der Waals surface area contributed by atoms with Crippen LogP contribution < -0.4 is 0 Å². The third-order valence-corrected chi connectivity index (χ3v) is 7.12. The standard InChI is InChI=1S/C25H40O6/c1-2-3-4-9-18(29-24-10-5-7-14-27-24)12-13-19-20-16-23(26)30-22(20)17-21(19)31-25-11-6-8-15-28-25/h12-13,18-22,24-25H,2-11,14-17H2,1H3/b13-12+/t18?,19-,20-,21-,22+,24?,25?/m1/s1. The van der Waals surface area contributed by atoms with Crippen LogP contribution in [-0.4, -0.2) is 50.1 Å². The molecule has 0 aromatic rings. The number of rotatable bonds is 10. The van der Waals surface area contributed by atoms with E-state index < -0.39 is 0 Å². The minimum absolute atomic E-state index is 0.0307. The predicted octanol–water partition coefficient (Wildman–Crippen LogP) is 4.90. The molecule has 0 aromatic carbocycles. The van der Waals surface area contributed by atoms with Gasteiger partial charge in [0.05, 0.1) is 18.6 Å². The zero-order valence-electron chi connectivity index (χ0n) is 19.0. The van der Waals surface area contributed by atoms with E-state index >= 15 is 0 Å². The Morgan fingerprint density at radius 1 is 1.06 bits per heavy atom. The van der Waals surface area contributed by atoms with Gasteiger partial charge in [0.25, 0.3) is 0 Å². The van der Waals surface area contributed by atoms with Gasteiger partial charge >= 0.3 is 5.97 Å². The van der Waals surface area contributed by atoms with E-state index in [9.17, 15) is 4.79 Å². The van der Waals surface area contributed by atoms with Crippen molar-refractivity contribution in [1.29, 1.82) is 0 Å². The van der Waals surface area contributed by atoms with Gasteiger partial charge < -0.3 is 23.7 Å². The summed E-state index contributed by atoms with van der Waals surface area (Å²) in [5.41, 5.74) is 0. The highest BCUT2D eigenvalue weighted by Crippen LogP contribution is 2.44. The Morgan fingerprint density at radius 2 is 1.84 bits per heavy atom. The first kappa shape index (κ1) is 23.2. The molecule has 0 spiro atoms. The summed E-state index contributed by atoms with van der Waals surface area (Å²) in [5.74, 6) is 0.276. The lowest BCUT2D eigenvalue weighted by atomic mass is 9.91. The lowest BCUT2D eigenvalue weighted by molar-refractivity contribution is -0.194. The molecule has 0 N–H and O–H groups in total. The van der Waals surface area contributed by atoms with Gasteiger partial charge in [0.2, 0.25) is 0 Å². The largest absolute Gasteiger partial charge is 0.462 e. The van der Waals surface area contributed by atoms with Crippen molar-refractivity contribution in [1.82, 2.24) is 0 Å². The van der Waals surface area contributed by atoms with Gasteiger partial charge in [-0.25, -0.2) is 0 Å². The van der Waals surface area contributed by atoms with Gasteiger partial charge in [-0.05, 0) is 44.9 Å². The number of unbranched alkanes of at least 4 members (excludes halogenated alkanes) is 2. The smallest absolute Gasteiger partial charge is 0.306 e. The molecule has 0 bridgehead atoms. The zero-order valence-corrected chi connectivity index (χ0v) is 19.0. The quantitative estimate of drug-likeness (QED) is 0.276. The van der Waals surface area contributed by atoms with Crippen LogP contribution >= 0.6 is 0 Å². The van der Waals surface area contributed by atoms with Crippen molar-refractivity contribution >= 4 is 5.97 Å². The van der Waals surface area contributed by atoms with Crippen molar-refractivity contribution in [2.75, 3.05) is 13.2 Å². The maximum atomic E-state index is 11.9. The number of hydrogen-bond donors (Lipinski definition) is 0. The Kier molecular flexibility index (Phi) is 8.82. The van der Waals surface area contributed by atoms with Crippen LogP contribution in [0.4, 0.5) is 0 Å². The molecule has 176 valence electrons. The van der Waals surface area contributed by atoms with Crippen LogP contribution in [0.15, 0.2) is 12.2 Å². The molecule has 3 aliphatic heterocycles. The minimum Gasteiger partial charge on any atom is -0.462 e. The summed E-state index contributed by atoms with van der Waals surface area (Å²) in [6.45, 7) is 3.79. The van der Waals surface area contributed by atoms with E-state index in [1.165, 1.54) is 19.3 Å². The third-order valence-electron chi connectivity index (χ3n) is 7.12. The molecule has 7 atom stereocenters. The second-order valence-electron chi connectivity index (χ2n) is 9.53. The van der Waals surface area contributed by atoms with E-state index in [0.717, 1.165) is 64.6 Å². The molecule has 4 aliphatic rings. The molecule has 0 aromatic heterocycles. The number of carbonyl (C=O) groups excluding carboxylic acids is 1. The van der Waals surface area contributed by atoms with Crippen LogP contribution in [0.5, 0.6) is 0 Å². The number of carbonyl (C=O) groups is 1. The zero-order chi connectivity index (χ0) is 21.5. The van der Waals surface area contributed by atoms with Crippen LogP contribution in [0.3, 0.4) is 0 Å². The summed E-state index contributed by atoms with van der Waals surface area (Å²) in [7, 11) is 0. The second-order valence-corrected chi connectivity index (χ2v) is 9.53. The molecule has 4 rings (SSSR count). The third kappa shape index (κ3) is 6.53. The molecule has 1 saturated carbocycles. The monoisotopic (exact) mass is 436 g/mol. The molecule has 6 nitrogen and oxygen atoms in total. The normalized spacial score (nSPS) is 37.1. The molecule has 3 unspecified atom stereocenters. The molecular weight excluding hydrogens is 396 g/mol. The van der Waals surface area contributed by atoms with Gasteiger partial charge in [0.1, 0.15) is 6.10 Å². The Hall–Kier alpha value is -0.950. The summed E-state index contributed by atoms with van der Waals surface area (Å²) in [5, 5.41) is 0. The fraction of sp³-hybridized carbons (Fsp3) is 0.880. The molecule has 0 amide bonds. The molecule has 31 heavy (non-hydrogen) atoms. The fourth-order valence-corrected chi connectivity index (χ4v) is 5.39. The SMILES string of the molecule is CCCCCC(/C=C/[C@@H]1[C@H]2CC(=O)O[C@H]2C[C@H]1OC1CCCCO1)OC1CCCCO1. The maximum Gasteiger partial charge on any atom is 0.306 e. The van der Waals surface area contributed by atoms with Crippen molar-refractivity contribution in [2.24, 2.45) is 11.8 Å². The Morgan fingerprint density at radius 3 is 2.55 bits per heavy atom. The van der Waals surface area contributed by atoms with Crippen molar-refractivity contribution in [3.8, 4) is 0 Å². The summed E-state index contributed by atoms with van der Waals surface area (Å²) >= 11 is 0. The van der Waals surface area contributed by atoms with E-state index in [1.807, 2.05) is 0 Å². The number of esters is 1. The van der Waals surface area contributed by atoms with Crippen molar-refractivity contribution in [3.63, 3.8) is 0 Å². The number of fused-ring (bicyclic) bond motifs is 1. The Bertz CT molecular complexity index is 581. The molecular formula is C25H40O6. The van der Waals surface area contributed by atoms with Gasteiger partial charge in [-0.15, -0.1) is 0 Å². The van der Waals surface area contributed by atoms with Gasteiger partial charge in [0.15, 0.2) is 12.6 Å². The van der Waals surface area contributed by atoms with Crippen molar-refractivity contribution in [3.05, 3.63) is 12.2 Å². The summed E-state index contributed by atoms with van der Waals surface area (Å²) in [6.07, 6.45) is 16.5. The van der Waals surface area contributed by atoms with Crippen LogP contribution in [0, 0.1) is 11.8 Å². The van der Waals surface area contributed by atoms with E-state index in [2.05, 4.69) is 19.1 Å². The van der Waals surface area contributed by atoms with E-state index in [0.29, 0.717) is 6.42 Å². The minimum atomic E-state index is -0.128. The average Bonchev–Trinajstić information content (AvgIpc) is 3.29. The molecule has 4 fully saturated rings. The first-order valence-electron chi connectivity index (χ1n) is 12.6. The van der Waals surface area contributed by atoms with Crippen LogP contribution in [0.2, 0.25) is 0 Å². The molecule has 6 heteroatoms. The Labute approximate surface area is 187 Å². The van der Waals surface area contributed by atoms with E-state index in [1.54, 1.807) is 0 Å². The highest BCUT2D eigenvalue weighted by atomic mass is 16.7. The first-order valence-corrected chi connectivity index (χ1v) is 12.6. The summed E-state index contributed by atoms with van der Waals surface area (Å²) < 4.78 is 30.0. The second kappa shape index (κ2) is 11.8. The molecule has 1 aliphatic carbocycles. The van der Waals surface area contributed by atoms with Crippen LogP contribution in [0.1, 0.15) is 84.0 Å². The molecule has 3 heterocycles. The lowest BCUT2D eigenvalue weighted by Crippen LogP contribution is -2.31. The Balaban J connectivity index is 1.41. The van der Waals surface area contributed by atoms with Crippen LogP contribution in [-0.2, 0) is 28.5 Å². The lowest BCUT2D eigenvalue weighted by Gasteiger charge is -2.29. The van der Waals surface area contributed by atoms with E-state index in [4.69, 9.17) is 23.7 Å². The molecule has 3 saturated heterocycles. The maximum absolute atomic E-state index is 11.9. The van der Waals surface area contributed by atoms with E-state index in [-0.39, 0.29) is 48.7 Å². The fourth-order valence-electron chi connectivity index (χ4n) is 5.39. The van der Waals surface area contributed by atoms with Gasteiger partial charge in [-0.1, -0.05) is 38.3 Å². The highest BCUT2D eigenvalue weighted by molar-refractivity contribution is 5.72. The topological polar surface area (TPSA) is 63.2 Å².